The zero-order valence-electron chi connectivity index (χ0n) is 14.9. The average molecular weight is 349 g/mol. The number of aryl methyl sites for hydroxylation is 1. The fourth-order valence-electron chi connectivity index (χ4n) is 3.81. The number of imidazole rings is 1. The van der Waals surface area contributed by atoms with Crippen LogP contribution in [0.1, 0.15) is 47.3 Å². The molecule has 2 aromatic heterocycles. The Labute approximate surface area is 152 Å². The molecule has 0 aliphatic carbocycles. The lowest BCUT2D eigenvalue weighted by molar-refractivity contribution is 0.0706. The summed E-state index contributed by atoms with van der Waals surface area (Å²) in [5.41, 5.74) is 3.98. The van der Waals surface area contributed by atoms with E-state index in [1.165, 1.54) is 11.3 Å². The van der Waals surface area contributed by atoms with Crippen LogP contribution >= 0.6 is 0 Å². The van der Waals surface area contributed by atoms with Gasteiger partial charge in [0, 0.05) is 42.7 Å². The van der Waals surface area contributed by atoms with Gasteiger partial charge in [-0.15, -0.1) is 0 Å². The van der Waals surface area contributed by atoms with Crippen molar-refractivity contribution in [3.05, 3.63) is 59.7 Å². The number of nitrogens with zero attached hydrogens (tertiary/aromatic N) is 3. The van der Waals surface area contributed by atoms with Crippen LogP contribution in [0.25, 0.3) is 11.4 Å². The van der Waals surface area contributed by atoms with E-state index in [0.717, 1.165) is 43.7 Å². The highest BCUT2D eigenvalue weighted by molar-refractivity contribution is 6.00. The second-order valence-corrected chi connectivity index (χ2v) is 6.74. The molecule has 3 aromatic rings. The number of aromatic nitrogens is 4. The van der Waals surface area contributed by atoms with E-state index in [0.29, 0.717) is 11.5 Å². The minimum atomic E-state index is 0.0688. The lowest BCUT2D eigenvalue weighted by Crippen LogP contribution is -2.39. The first-order valence-corrected chi connectivity index (χ1v) is 9.18. The van der Waals surface area contributed by atoms with E-state index in [2.05, 4.69) is 27.1 Å². The van der Waals surface area contributed by atoms with Crippen molar-refractivity contribution in [1.29, 1.82) is 0 Å². The highest BCUT2D eigenvalue weighted by atomic mass is 16.2. The van der Waals surface area contributed by atoms with Crippen molar-refractivity contribution >= 4 is 5.91 Å². The number of benzene rings is 1. The SMILES string of the molecule is CCc1cn[nH]c1[C@@H]1CCCN(C(=O)c2ccccc2-c2ncc[nH]2)C1. The van der Waals surface area contributed by atoms with Crippen LogP contribution in [-0.4, -0.2) is 44.1 Å². The zero-order chi connectivity index (χ0) is 17.9. The molecule has 6 heteroatoms. The summed E-state index contributed by atoms with van der Waals surface area (Å²) in [5.74, 6) is 1.12. The molecule has 1 fully saturated rings. The third-order valence-electron chi connectivity index (χ3n) is 5.16. The first kappa shape index (κ1) is 16.6. The molecule has 1 aromatic carbocycles. The number of carbonyl (C=O) groups is 1. The molecule has 1 aliphatic rings. The Kier molecular flexibility index (Phi) is 4.56. The van der Waals surface area contributed by atoms with Gasteiger partial charge in [-0.25, -0.2) is 4.98 Å². The molecular formula is C20H23N5O. The smallest absolute Gasteiger partial charge is 0.254 e. The van der Waals surface area contributed by atoms with E-state index >= 15 is 0 Å². The predicted octanol–water partition coefficient (Wildman–Crippen LogP) is 3.38. The first-order valence-electron chi connectivity index (χ1n) is 9.18. The molecule has 1 atom stereocenters. The summed E-state index contributed by atoms with van der Waals surface area (Å²) in [4.78, 5) is 22.6. The normalized spacial score (nSPS) is 17.4. The highest BCUT2D eigenvalue weighted by Gasteiger charge is 2.28. The van der Waals surface area contributed by atoms with Crippen LogP contribution < -0.4 is 0 Å². The van der Waals surface area contributed by atoms with Gasteiger partial charge >= 0.3 is 0 Å². The summed E-state index contributed by atoms with van der Waals surface area (Å²) in [6.45, 7) is 3.65. The predicted molar refractivity (Wildman–Crippen MR) is 99.9 cm³/mol. The van der Waals surface area contributed by atoms with Crippen LogP contribution in [0, 0.1) is 0 Å². The Hall–Kier alpha value is -2.89. The van der Waals surface area contributed by atoms with E-state index in [1.807, 2.05) is 35.4 Å². The second-order valence-electron chi connectivity index (χ2n) is 6.74. The fraction of sp³-hybridized carbons (Fsp3) is 0.350. The molecule has 26 heavy (non-hydrogen) atoms. The van der Waals surface area contributed by atoms with Gasteiger partial charge in [-0.2, -0.15) is 5.10 Å². The summed E-state index contributed by atoms with van der Waals surface area (Å²) in [6, 6.07) is 7.67. The number of hydrogen-bond acceptors (Lipinski definition) is 3. The Balaban J connectivity index is 1.59. The number of carbonyl (C=O) groups excluding carboxylic acids is 1. The first-order chi connectivity index (χ1) is 12.8. The average Bonchev–Trinajstić information content (AvgIpc) is 3.39. The van der Waals surface area contributed by atoms with Gasteiger partial charge in [0.25, 0.3) is 5.91 Å². The lowest BCUT2D eigenvalue weighted by Gasteiger charge is -2.33. The van der Waals surface area contributed by atoms with E-state index in [4.69, 9.17) is 0 Å². The van der Waals surface area contributed by atoms with Crippen molar-refractivity contribution in [2.45, 2.75) is 32.1 Å². The minimum Gasteiger partial charge on any atom is -0.345 e. The van der Waals surface area contributed by atoms with Crippen molar-refractivity contribution in [3.63, 3.8) is 0 Å². The molecule has 0 spiro atoms. The Bertz CT molecular complexity index is 883. The van der Waals surface area contributed by atoms with E-state index < -0.39 is 0 Å². The lowest BCUT2D eigenvalue weighted by atomic mass is 9.91. The molecule has 0 bridgehead atoms. The van der Waals surface area contributed by atoms with Gasteiger partial charge in [-0.05, 0) is 30.9 Å². The van der Waals surface area contributed by atoms with Crippen molar-refractivity contribution in [2.75, 3.05) is 13.1 Å². The molecule has 0 unspecified atom stereocenters. The molecule has 2 N–H and O–H groups in total. The number of piperidine rings is 1. The molecule has 3 heterocycles. The molecular weight excluding hydrogens is 326 g/mol. The third kappa shape index (κ3) is 3.03. The Morgan fingerprint density at radius 2 is 2.23 bits per heavy atom. The molecule has 6 nitrogen and oxygen atoms in total. The van der Waals surface area contributed by atoms with Gasteiger partial charge in [0.1, 0.15) is 5.82 Å². The van der Waals surface area contributed by atoms with Gasteiger partial charge in [-0.1, -0.05) is 25.1 Å². The van der Waals surface area contributed by atoms with E-state index in [-0.39, 0.29) is 5.91 Å². The molecule has 134 valence electrons. The van der Waals surface area contributed by atoms with Crippen LogP contribution in [0.5, 0.6) is 0 Å². The molecule has 0 radical (unpaired) electrons. The van der Waals surface area contributed by atoms with Crippen molar-refractivity contribution in [2.24, 2.45) is 0 Å². The van der Waals surface area contributed by atoms with Gasteiger partial charge in [0.05, 0.1) is 11.8 Å². The largest absolute Gasteiger partial charge is 0.345 e. The van der Waals surface area contributed by atoms with Crippen LogP contribution in [-0.2, 0) is 6.42 Å². The standard InChI is InChI=1S/C20H23N5O/c1-2-14-12-23-24-18(14)15-6-5-11-25(13-15)20(26)17-8-4-3-7-16(17)19-21-9-10-22-19/h3-4,7-10,12,15H,2,5-6,11,13H2,1H3,(H,21,22)(H,23,24)/t15-/m1/s1. The summed E-state index contributed by atoms with van der Waals surface area (Å²) in [5, 5.41) is 7.36. The van der Waals surface area contributed by atoms with Crippen LogP contribution in [0.3, 0.4) is 0 Å². The maximum Gasteiger partial charge on any atom is 0.254 e. The van der Waals surface area contributed by atoms with Crippen molar-refractivity contribution in [1.82, 2.24) is 25.1 Å². The number of rotatable bonds is 4. The zero-order valence-corrected chi connectivity index (χ0v) is 14.9. The summed E-state index contributed by atoms with van der Waals surface area (Å²) in [6.07, 6.45) is 8.43. The maximum atomic E-state index is 13.2. The number of nitrogens with one attached hydrogen (secondary N) is 2. The molecule has 1 amide bonds. The topological polar surface area (TPSA) is 77.7 Å². The van der Waals surface area contributed by atoms with Crippen LogP contribution in [0.2, 0.25) is 0 Å². The number of aromatic amines is 2. The monoisotopic (exact) mass is 349 g/mol. The fourth-order valence-corrected chi connectivity index (χ4v) is 3.81. The number of hydrogen-bond donors (Lipinski definition) is 2. The molecule has 4 rings (SSSR count). The quantitative estimate of drug-likeness (QED) is 0.758. The molecule has 1 aliphatic heterocycles. The van der Waals surface area contributed by atoms with E-state index in [1.54, 1.807) is 12.4 Å². The Morgan fingerprint density at radius 1 is 1.35 bits per heavy atom. The number of amides is 1. The summed E-state index contributed by atoms with van der Waals surface area (Å²) < 4.78 is 0. The van der Waals surface area contributed by atoms with Gasteiger partial charge < -0.3 is 9.88 Å². The minimum absolute atomic E-state index is 0.0688. The summed E-state index contributed by atoms with van der Waals surface area (Å²) in [7, 11) is 0. The van der Waals surface area contributed by atoms with Crippen molar-refractivity contribution < 1.29 is 4.79 Å². The maximum absolute atomic E-state index is 13.2. The van der Waals surface area contributed by atoms with Gasteiger partial charge in [0.15, 0.2) is 0 Å². The molecule has 0 saturated carbocycles. The van der Waals surface area contributed by atoms with Gasteiger partial charge in [0.2, 0.25) is 0 Å². The van der Waals surface area contributed by atoms with Crippen LogP contribution in [0.4, 0.5) is 0 Å². The Morgan fingerprint density at radius 3 is 3.04 bits per heavy atom. The summed E-state index contributed by atoms with van der Waals surface area (Å²) >= 11 is 0. The van der Waals surface area contributed by atoms with Crippen LogP contribution in [0.15, 0.2) is 42.9 Å². The van der Waals surface area contributed by atoms with E-state index in [9.17, 15) is 4.79 Å². The number of likely N-dealkylation sites (tertiary alicyclic amines) is 1. The third-order valence-corrected chi connectivity index (χ3v) is 5.16. The highest BCUT2D eigenvalue weighted by Crippen LogP contribution is 2.30. The number of H-pyrrole nitrogens is 2. The molecule has 1 saturated heterocycles. The second kappa shape index (κ2) is 7.15. The van der Waals surface area contributed by atoms with Gasteiger partial charge in [-0.3, -0.25) is 9.89 Å². The van der Waals surface area contributed by atoms with Crippen molar-refractivity contribution in [3.8, 4) is 11.4 Å².